The summed E-state index contributed by atoms with van der Waals surface area (Å²) in [5.41, 5.74) is 4.00. The number of aromatic nitrogens is 5. The van der Waals surface area contributed by atoms with Crippen LogP contribution in [0.1, 0.15) is 71.0 Å². The van der Waals surface area contributed by atoms with Gasteiger partial charge in [0.25, 0.3) is 5.91 Å². The van der Waals surface area contributed by atoms with Gasteiger partial charge in [0.2, 0.25) is 11.7 Å². The Balaban J connectivity index is 1.35. The maximum atomic E-state index is 14.2. The lowest BCUT2D eigenvalue weighted by atomic mass is 9.92. The average Bonchev–Trinajstić information content (AvgIpc) is 3.46. The van der Waals surface area contributed by atoms with Crippen molar-refractivity contribution >= 4 is 16.7 Å². The molecule has 0 unspecified atom stereocenters. The molecule has 36 heavy (non-hydrogen) atoms. The number of H-pyrrole nitrogens is 1. The molecule has 178 valence electrons. The number of imidazole rings is 1. The highest BCUT2D eigenvalue weighted by atomic mass is 16.4. The summed E-state index contributed by atoms with van der Waals surface area (Å²) in [6, 6.07) is 15.3. The molecule has 4 aromatic heterocycles. The quantitative estimate of drug-likeness (QED) is 0.381. The van der Waals surface area contributed by atoms with E-state index in [0.717, 1.165) is 46.4 Å². The molecule has 0 radical (unpaired) electrons. The SMILES string of the molecule is C[C@@H]1CN(C(=O)c2oc(-c3ccccn3)nc2C2CC2)[C@@H](c2cc3ccccc3cn2)c2[nH]cnc21. The fourth-order valence-electron chi connectivity index (χ4n) is 5.18. The first-order valence-electron chi connectivity index (χ1n) is 12.3. The summed E-state index contributed by atoms with van der Waals surface area (Å²) in [5.74, 6) is 0.813. The third-order valence-corrected chi connectivity index (χ3v) is 7.11. The van der Waals surface area contributed by atoms with Gasteiger partial charge in [-0.05, 0) is 36.4 Å². The van der Waals surface area contributed by atoms with Crippen LogP contribution in [0.2, 0.25) is 0 Å². The van der Waals surface area contributed by atoms with Crippen LogP contribution in [0.3, 0.4) is 0 Å². The molecule has 1 aromatic carbocycles. The van der Waals surface area contributed by atoms with E-state index in [-0.39, 0.29) is 17.7 Å². The minimum atomic E-state index is -0.411. The van der Waals surface area contributed by atoms with Crippen molar-refractivity contribution in [2.24, 2.45) is 0 Å². The summed E-state index contributed by atoms with van der Waals surface area (Å²) < 4.78 is 6.17. The summed E-state index contributed by atoms with van der Waals surface area (Å²) in [6.45, 7) is 2.59. The van der Waals surface area contributed by atoms with Crippen LogP contribution in [0.5, 0.6) is 0 Å². The number of nitrogens with zero attached hydrogens (tertiary/aromatic N) is 5. The average molecular weight is 477 g/mol. The number of pyridine rings is 2. The minimum absolute atomic E-state index is 0.0643. The number of amides is 1. The lowest BCUT2D eigenvalue weighted by molar-refractivity contribution is 0.0636. The van der Waals surface area contributed by atoms with E-state index in [4.69, 9.17) is 14.4 Å². The number of fused-ring (bicyclic) bond motifs is 2. The second-order valence-corrected chi connectivity index (χ2v) is 9.64. The number of hydrogen-bond acceptors (Lipinski definition) is 6. The van der Waals surface area contributed by atoms with E-state index >= 15 is 0 Å². The lowest BCUT2D eigenvalue weighted by Crippen LogP contribution is -2.42. The molecular formula is C28H24N6O2. The molecule has 5 aromatic rings. The summed E-state index contributed by atoms with van der Waals surface area (Å²) in [7, 11) is 0. The van der Waals surface area contributed by atoms with Gasteiger partial charge < -0.3 is 14.3 Å². The zero-order valence-corrected chi connectivity index (χ0v) is 19.8. The summed E-state index contributed by atoms with van der Waals surface area (Å²) in [6.07, 6.45) is 7.28. The first-order valence-corrected chi connectivity index (χ1v) is 12.3. The third kappa shape index (κ3) is 3.40. The second-order valence-electron chi connectivity index (χ2n) is 9.64. The molecule has 2 aliphatic rings. The zero-order chi connectivity index (χ0) is 24.2. The highest BCUT2D eigenvalue weighted by molar-refractivity contribution is 5.94. The first-order chi connectivity index (χ1) is 17.7. The number of nitrogens with one attached hydrogen (secondary N) is 1. The van der Waals surface area contributed by atoms with Gasteiger partial charge in [-0.3, -0.25) is 14.8 Å². The summed E-state index contributed by atoms with van der Waals surface area (Å²) >= 11 is 0. The lowest BCUT2D eigenvalue weighted by Gasteiger charge is -2.37. The van der Waals surface area contributed by atoms with Crippen molar-refractivity contribution in [1.82, 2.24) is 29.8 Å². The monoisotopic (exact) mass is 476 g/mol. The predicted octanol–water partition coefficient (Wildman–Crippen LogP) is 5.23. The van der Waals surface area contributed by atoms with Gasteiger partial charge in [-0.2, -0.15) is 0 Å². The second kappa shape index (κ2) is 8.12. The molecule has 0 spiro atoms. The Morgan fingerprint density at radius 2 is 1.86 bits per heavy atom. The van der Waals surface area contributed by atoms with Crippen molar-refractivity contribution in [1.29, 1.82) is 0 Å². The van der Waals surface area contributed by atoms with E-state index < -0.39 is 6.04 Å². The smallest absolute Gasteiger partial charge is 0.292 e. The highest BCUT2D eigenvalue weighted by Gasteiger charge is 2.42. The van der Waals surface area contributed by atoms with Gasteiger partial charge in [0.05, 0.1) is 29.1 Å². The van der Waals surface area contributed by atoms with Crippen molar-refractivity contribution in [2.45, 2.75) is 37.6 Å². The van der Waals surface area contributed by atoms with E-state index in [1.165, 1.54) is 0 Å². The molecule has 1 N–H and O–H groups in total. The molecule has 1 aliphatic carbocycles. The molecule has 8 heteroatoms. The number of carbonyl (C=O) groups excluding carboxylic acids is 1. The number of benzene rings is 1. The Kier molecular flexibility index (Phi) is 4.73. The van der Waals surface area contributed by atoms with Crippen LogP contribution in [0.25, 0.3) is 22.4 Å². The van der Waals surface area contributed by atoms with Crippen LogP contribution in [-0.4, -0.2) is 42.3 Å². The van der Waals surface area contributed by atoms with Gasteiger partial charge >= 0.3 is 0 Å². The van der Waals surface area contributed by atoms with Crippen LogP contribution in [0.4, 0.5) is 0 Å². The van der Waals surface area contributed by atoms with Crippen LogP contribution in [0, 0.1) is 0 Å². The molecule has 1 fully saturated rings. The van der Waals surface area contributed by atoms with Crippen LogP contribution in [-0.2, 0) is 0 Å². The standard InChI is InChI=1S/C28H24N6O2/c1-16-14-34(28(35)26-23(17-9-10-17)33-27(36-26)20-8-4-5-11-29-20)25(24-22(16)31-15-32-24)21-12-18-6-2-3-7-19(18)13-30-21/h2-8,11-13,15-17,25H,9-10,14H2,1H3,(H,31,32)/t16-,25+/m1/s1. The largest absolute Gasteiger partial charge is 0.429 e. The van der Waals surface area contributed by atoms with Crippen LogP contribution in [0.15, 0.2) is 71.7 Å². The third-order valence-electron chi connectivity index (χ3n) is 7.11. The van der Waals surface area contributed by atoms with Crippen molar-refractivity contribution in [3.63, 3.8) is 0 Å². The van der Waals surface area contributed by atoms with Gasteiger partial charge in [0.15, 0.2) is 0 Å². The molecule has 0 saturated heterocycles. The molecule has 1 saturated carbocycles. The van der Waals surface area contributed by atoms with Gasteiger partial charge in [-0.1, -0.05) is 37.3 Å². The van der Waals surface area contributed by atoms with Gasteiger partial charge in [0, 0.05) is 36.2 Å². The van der Waals surface area contributed by atoms with E-state index in [2.05, 4.69) is 34.0 Å². The fraction of sp³-hybridized carbons (Fsp3) is 0.250. The van der Waals surface area contributed by atoms with Crippen LogP contribution < -0.4 is 0 Å². The molecule has 1 amide bonds. The van der Waals surface area contributed by atoms with Crippen molar-refractivity contribution in [2.75, 3.05) is 6.54 Å². The maximum Gasteiger partial charge on any atom is 0.292 e. The Hall–Kier alpha value is -4.33. The number of oxazole rings is 1. The number of rotatable bonds is 4. The van der Waals surface area contributed by atoms with Crippen molar-refractivity contribution in [3.8, 4) is 11.6 Å². The topological polar surface area (TPSA) is 101 Å². The van der Waals surface area contributed by atoms with Crippen molar-refractivity contribution in [3.05, 3.63) is 95.8 Å². The minimum Gasteiger partial charge on any atom is -0.429 e. The van der Waals surface area contributed by atoms with E-state index in [9.17, 15) is 4.79 Å². The maximum absolute atomic E-state index is 14.2. The fourth-order valence-corrected chi connectivity index (χ4v) is 5.18. The van der Waals surface area contributed by atoms with Crippen LogP contribution >= 0.6 is 0 Å². The number of carbonyl (C=O) groups is 1. The molecule has 8 nitrogen and oxygen atoms in total. The van der Waals surface area contributed by atoms with E-state index in [0.29, 0.717) is 23.9 Å². The molecule has 0 bridgehead atoms. The van der Waals surface area contributed by atoms with Gasteiger partial charge in [-0.25, -0.2) is 9.97 Å². The molecule has 5 heterocycles. The summed E-state index contributed by atoms with van der Waals surface area (Å²) in [4.78, 5) is 37.9. The van der Waals surface area contributed by atoms with Crippen molar-refractivity contribution < 1.29 is 9.21 Å². The molecule has 1 aliphatic heterocycles. The molecular weight excluding hydrogens is 452 g/mol. The predicted molar refractivity (Wildman–Crippen MR) is 133 cm³/mol. The molecule has 2 atom stereocenters. The highest BCUT2D eigenvalue weighted by Crippen LogP contribution is 2.44. The Morgan fingerprint density at radius 3 is 2.67 bits per heavy atom. The normalized spacial score (nSPS) is 19.4. The number of aromatic amines is 1. The Bertz CT molecular complexity index is 1590. The Labute approximate surface area is 207 Å². The molecule has 7 rings (SSSR count). The van der Waals surface area contributed by atoms with E-state index in [1.807, 2.05) is 47.5 Å². The Morgan fingerprint density at radius 1 is 1.03 bits per heavy atom. The zero-order valence-electron chi connectivity index (χ0n) is 19.8. The van der Waals surface area contributed by atoms with Gasteiger partial charge in [0.1, 0.15) is 11.7 Å². The van der Waals surface area contributed by atoms with Gasteiger partial charge in [-0.15, -0.1) is 0 Å². The first kappa shape index (κ1) is 21.0. The number of hydrogen-bond donors (Lipinski definition) is 1. The van der Waals surface area contributed by atoms with E-state index in [1.54, 1.807) is 12.5 Å². The summed E-state index contributed by atoms with van der Waals surface area (Å²) in [5, 5.41) is 2.13.